The van der Waals surface area contributed by atoms with Gasteiger partial charge in [0.15, 0.2) is 5.82 Å². The Kier molecular flexibility index (Phi) is 4.23. The number of nitrogens with two attached hydrogens (primary N) is 1. The van der Waals surface area contributed by atoms with Gasteiger partial charge in [-0.2, -0.15) is 4.98 Å². The smallest absolute Gasteiger partial charge is 0.240 e. The highest BCUT2D eigenvalue weighted by Crippen LogP contribution is 2.33. The average molecular weight is 350 g/mol. The van der Waals surface area contributed by atoms with E-state index >= 15 is 0 Å². The van der Waals surface area contributed by atoms with E-state index in [1.807, 2.05) is 0 Å². The van der Waals surface area contributed by atoms with Crippen LogP contribution in [-0.4, -0.2) is 9.97 Å². The molecule has 0 aliphatic rings. The largest absolute Gasteiger partial charge is 0.436 e. The van der Waals surface area contributed by atoms with Crippen molar-refractivity contribution in [2.24, 2.45) is 5.84 Å². The van der Waals surface area contributed by atoms with Crippen LogP contribution in [0.3, 0.4) is 0 Å². The van der Waals surface area contributed by atoms with Gasteiger partial charge >= 0.3 is 0 Å². The maximum atomic E-state index is 5.98. The second-order valence-electron chi connectivity index (χ2n) is 3.19. The number of nitrogen functional groups attached to an aromatic ring is 1. The quantitative estimate of drug-likeness (QED) is 0.654. The van der Waals surface area contributed by atoms with Crippen molar-refractivity contribution in [3.63, 3.8) is 0 Å². The fourth-order valence-corrected chi connectivity index (χ4v) is 1.98. The van der Waals surface area contributed by atoms with Gasteiger partial charge in [-0.1, -0.05) is 23.2 Å². The number of anilines is 1. The molecule has 8 heteroatoms. The Labute approximate surface area is 121 Å². The lowest BCUT2D eigenvalue weighted by Crippen LogP contribution is -2.09. The van der Waals surface area contributed by atoms with Crippen LogP contribution in [0.1, 0.15) is 0 Å². The van der Waals surface area contributed by atoms with E-state index in [4.69, 9.17) is 33.8 Å². The number of rotatable bonds is 3. The Morgan fingerprint density at radius 2 is 2.00 bits per heavy atom. The topological polar surface area (TPSA) is 73.1 Å². The number of hydrogen-bond donors (Lipinski definition) is 2. The first kappa shape index (κ1) is 13.4. The van der Waals surface area contributed by atoms with Crippen molar-refractivity contribution in [1.29, 1.82) is 0 Å². The standard InChI is InChI=1S/C10H7BrCl2N4O/c11-5-1-6(4-15-3-5)18-10-8(13)2-7(12)9(16-10)17-14/h1-4H,14H2,(H,16,17). The summed E-state index contributed by atoms with van der Waals surface area (Å²) in [6.07, 6.45) is 3.17. The summed E-state index contributed by atoms with van der Waals surface area (Å²) in [5.74, 6) is 6.23. The van der Waals surface area contributed by atoms with E-state index in [1.54, 1.807) is 12.3 Å². The third kappa shape index (κ3) is 3.02. The minimum Gasteiger partial charge on any atom is -0.436 e. The lowest BCUT2D eigenvalue weighted by Gasteiger charge is -2.09. The predicted octanol–water partition coefficient (Wildman–Crippen LogP) is 3.62. The van der Waals surface area contributed by atoms with Crippen LogP contribution >= 0.6 is 39.1 Å². The predicted molar refractivity (Wildman–Crippen MR) is 74.1 cm³/mol. The van der Waals surface area contributed by atoms with E-state index < -0.39 is 0 Å². The number of halogens is 3. The monoisotopic (exact) mass is 348 g/mol. The summed E-state index contributed by atoms with van der Waals surface area (Å²) in [5, 5.41) is 0.584. The van der Waals surface area contributed by atoms with Crippen LogP contribution in [-0.2, 0) is 0 Å². The summed E-state index contributed by atoms with van der Waals surface area (Å²) in [6.45, 7) is 0. The van der Waals surface area contributed by atoms with Gasteiger partial charge in [0.05, 0.1) is 11.2 Å². The molecule has 0 spiro atoms. The molecule has 18 heavy (non-hydrogen) atoms. The van der Waals surface area contributed by atoms with Crippen molar-refractivity contribution in [2.45, 2.75) is 0 Å². The average Bonchev–Trinajstić information content (AvgIpc) is 2.33. The van der Waals surface area contributed by atoms with Crippen molar-refractivity contribution in [3.8, 4) is 11.6 Å². The summed E-state index contributed by atoms with van der Waals surface area (Å²) >= 11 is 15.1. The number of aromatic nitrogens is 2. The second kappa shape index (κ2) is 5.71. The molecule has 0 amide bonds. The van der Waals surface area contributed by atoms with Crippen LogP contribution in [0.4, 0.5) is 5.82 Å². The molecule has 0 unspecified atom stereocenters. The Morgan fingerprint density at radius 1 is 1.22 bits per heavy atom. The van der Waals surface area contributed by atoms with Crippen LogP contribution in [0.2, 0.25) is 10.0 Å². The van der Waals surface area contributed by atoms with Gasteiger partial charge in [0.25, 0.3) is 0 Å². The number of hydrogen-bond acceptors (Lipinski definition) is 5. The van der Waals surface area contributed by atoms with Gasteiger partial charge in [-0.15, -0.1) is 0 Å². The Morgan fingerprint density at radius 3 is 2.67 bits per heavy atom. The number of nitrogens with zero attached hydrogens (tertiary/aromatic N) is 2. The number of hydrazine groups is 1. The van der Waals surface area contributed by atoms with Crippen LogP contribution < -0.4 is 16.0 Å². The molecule has 2 heterocycles. The fraction of sp³-hybridized carbons (Fsp3) is 0. The first-order valence-electron chi connectivity index (χ1n) is 4.71. The molecule has 3 N–H and O–H groups in total. The minimum atomic E-state index is 0.189. The zero-order chi connectivity index (χ0) is 13.1. The molecule has 0 aliphatic heterocycles. The van der Waals surface area contributed by atoms with Crippen LogP contribution in [0.5, 0.6) is 11.6 Å². The lowest BCUT2D eigenvalue weighted by atomic mass is 10.4. The summed E-state index contributed by atoms with van der Waals surface area (Å²) in [5.41, 5.74) is 2.35. The maximum Gasteiger partial charge on any atom is 0.240 e. The molecule has 0 fully saturated rings. The summed E-state index contributed by atoms with van der Waals surface area (Å²) < 4.78 is 6.28. The molecular formula is C10H7BrCl2N4O. The summed E-state index contributed by atoms with van der Waals surface area (Å²) in [4.78, 5) is 8.01. The van der Waals surface area contributed by atoms with Gasteiger partial charge in [-0.25, -0.2) is 5.84 Å². The van der Waals surface area contributed by atoms with Gasteiger partial charge in [0.2, 0.25) is 5.88 Å². The SMILES string of the molecule is NNc1nc(Oc2cncc(Br)c2)c(Cl)cc1Cl. The molecule has 0 saturated carbocycles. The number of pyridine rings is 2. The normalized spacial score (nSPS) is 10.2. The highest BCUT2D eigenvalue weighted by atomic mass is 79.9. The molecule has 0 saturated heterocycles. The highest BCUT2D eigenvalue weighted by Gasteiger charge is 2.11. The zero-order valence-electron chi connectivity index (χ0n) is 8.82. The van der Waals surface area contributed by atoms with Gasteiger partial charge < -0.3 is 10.2 Å². The van der Waals surface area contributed by atoms with Crippen molar-refractivity contribution in [1.82, 2.24) is 9.97 Å². The second-order valence-corrected chi connectivity index (χ2v) is 4.92. The molecule has 0 radical (unpaired) electrons. The van der Waals surface area contributed by atoms with Crippen molar-refractivity contribution in [3.05, 3.63) is 39.0 Å². The molecule has 2 aromatic heterocycles. The third-order valence-corrected chi connectivity index (χ3v) is 2.92. The minimum absolute atomic E-state index is 0.189. The maximum absolute atomic E-state index is 5.98. The van der Waals surface area contributed by atoms with E-state index in [0.717, 1.165) is 4.47 Å². The van der Waals surface area contributed by atoms with Gasteiger partial charge in [-0.05, 0) is 28.1 Å². The van der Waals surface area contributed by atoms with E-state index in [0.29, 0.717) is 10.8 Å². The molecule has 0 aliphatic carbocycles. The summed E-state index contributed by atoms with van der Waals surface area (Å²) in [6, 6.07) is 3.22. The highest BCUT2D eigenvalue weighted by molar-refractivity contribution is 9.10. The van der Waals surface area contributed by atoms with Crippen molar-refractivity contribution >= 4 is 44.9 Å². The molecular weight excluding hydrogens is 343 g/mol. The first-order valence-corrected chi connectivity index (χ1v) is 6.26. The third-order valence-electron chi connectivity index (χ3n) is 1.93. The molecule has 5 nitrogen and oxygen atoms in total. The lowest BCUT2D eigenvalue weighted by molar-refractivity contribution is 0.461. The van der Waals surface area contributed by atoms with Crippen molar-refractivity contribution in [2.75, 3.05) is 5.43 Å². The first-order chi connectivity index (χ1) is 8.60. The molecule has 2 rings (SSSR count). The molecule has 94 valence electrons. The van der Waals surface area contributed by atoms with Crippen molar-refractivity contribution < 1.29 is 4.74 Å². The molecule has 0 atom stereocenters. The van der Waals surface area contributed by atoms with E-state index in [9.17, 15) is 0 Å². The number of ether oxygens (including phenoxy) is 1. The summed E-state index contributed by atoms with van der Waals surface area (Å²) in [7, 11) is 0. The molecule has 0 bridgehead atoms. The van der Waals surface area contributed by atoms with Crippen LogP contribution in [0, 0.1) is 0 Å². The number of nitrogens with one attached hydrogen (secondary N) is 1. The van der Waals surface area contributed by atoms with Gasteiger partial charge in [-0.3, -0.25) is 4.98 Å². The van der Waals surface area contributed by atoms with E-state index in [1.165, 1.54) is 12.3 Å². The molecule has 2 aromatic rings. The molecule has 0 aromatic carbocycles. The Bertz CT molecular complexity index is 582. The van der Waals surface area contributed by atoms with Gasteiger partial charge in [0, 0.05) is 10.7 Å². The Balaban J connectivity index is 2.34. The van der Waals surface area contributed by atoms with Crippen LogP contribution in [0.15, 0.2) is 29.0 Å². The fourth-order valence-electron chi connectivity index (χ4n) is 1.18. The van der Waals surface area contributed by atoms with Gasteiger partial charge in [0.1, 0.15) is 10.8 Å². The van der Waals surface area contributed by atoms with Crippen LogP contribution in [0.25, 0.3) is 0 Å². The Hall–Kier alpha value is -1.08. The zero-order valence-corrected chi connectivity index (χ0v) is 11.9. The van der Waals surface area contributed by atoms with E-state index in [-0.39, 0.29) is 16.7 Å². The van der Waals surface area contributed by atoms with E-state index in [2.05, 4.69) is 31.3 Å².